The maximum Gasteiger partial charge on any atom is 0.337 e. The van der Waals surface area contributed by atoms with Gasteiger partial charge in [-0.15, -0.1) is 0 Å². The number of nitrogens with zero attached hydrogens (tertiary/aromatic N) is 1. The van der Waals surface area contributed by atoms with E-state index >= 15 is 0 Å². The summed E-state index contributed by atoms with van der Waals surface area (Å²) in [5.41, 5.74) is 2.37. The Kier molecular flexibility index (Phi) is 3.00. The van der Waals surface area contributed by atoms with Gasteiger partial charge in [-0.2, -0.15) is 0 Å². The van der Waals surface area contributed by atoms with Crippen molar-refractivity contribution < 1.29 is 9.90 Å². The summed E-state index contributed by atoms with van der Waals surface area (Å²) in [7, 11) is 0. The number of aromatic nitrogens is 1. The van der Waals surface area contributed by atoms with E-state index in [-0.39, 0.29) is 0 Å². The van der Waals surface area contributed by atoms with Crippen molar-refractivity contribution in [1.82, 2.24) is 4.57 Å². The number of carboxylic acids is 1. The van der Waals surface area contributed by atoms with Gasteiger partial charge in [-0.05, 0) is 26.0 Å². The minimum absolute atomic E-state index is 0.356. The average molecular weight is 229 g/mol. The number of fused-ring (bicyclic) bond motifs is 1. The van der Waals surface area contributed by atoms with Crippen LogP contribution in [0, 0.1) is 0 Å². The topological polar surface area (TPSA) is 42.2 Å². The van der Waals surface area contributed by atoms with Crippen LogP contribution in [0.3, 0.4) is 0 Å². The Morgan fingerprint density at radius 1 is 1.35 bits per heavy atom. The van der Waals surface area contributed by atoms with Crippen LogP contribution in [0.1, 0.15) is 24.2 Å². The molecule has 2 aromatic rings. The minimum atomic E-state index is -0.882. The van der Waals surface area contributed by atoms with E-state index in [9.17, 15) is 9.90 Å². The zero-order chi connectivity index (χ0) is 12.4. The summed E-state index contributed by atoms with van der Waals surface area (Å²) in [6.07, 6.45) is 4.01. The molecule has 0 saturated heterocycles. The zero-order valence-electron chi connectivity index (χ0n) is 9.97. The molecule has 0 radical (unpaired) electrons. The summed E-state index contributed by atoms with van der Waals surface area (Å²) in [6.45, 7) is 4.77. The Balaban J connectivity index is 2.57. The molecule has 0 unspecified atom stereocenters. The van der Waals surface area contributed by atoms with E-state index < -0.39 is 5.97 Å². The normalized spacial score (nSPS) is 10.5. The molecule has 0 aliphatic rings. The summed E-state index contributed by atoms with van der Waals surface area (Å²) >= 11 is 0. The highest BCUT2D eigenvalue weighted by molar-refractivity contribution is 6.02. The minimum Gasteiger partial charge on any atom is -0.478 e. The van der Waals surface area contributed by atoms with Crippen molar-refractivity contribution in [2.75, 3.05) is 0 Å². The van der Waals surface area contributed by atoms with Crippen molar-refractivity contribution >= 4 is 16.9 Å². The number of rotatable bonds is 3. The lowest BCUT2D eigenvalue weighted by Gasteiger charge is -2.05. The number of aromatic carboxylic acids is 1. The third-order valence-electron chi connectivity index (χ3n) is 2.72. The quantitative estimate of drug-likeness (QED) is 0.820. The largest absolute Gasteiger partial charge is 0.478 e. The van der Waals surface area contributed by atoms with Gasteiger partial charge in [-0.1, -0.05) is 23.8 Å². The molecule has 1 aromatic heterocycles. The molecule has 0 aliphatic heterocycles. The molecule has 0 spiro atoms. The fourth-order valence-corrected chi connectivity index (χ4v) is 1.87. The summed E-state index contributed by atoms with van der Waals surface area (Å²) in [4.78, 5) is 11.2. The Hall–Kier alpha value is -2.03. The van der Waals surface area contributed by atoms with E-state index in [0.717, 1.165) is 10.9 Å². The van der Waals surface area contributed by atoms with Gasteiger partial charge < -0.3 is 9.67 Å². The van der Waals surface area contributed by atoms with Crippen molar-refractivity contribution in [3.8, 4) is 0 Å². The van der Waals surface area contributed by atoms with Gasteiger partial charge in [-0.25, -0.2) is 4.79 Å². The van der Waals surface area contributed by atoms with Crippen molar-refractivity contribution in [3.63, 3.8) is 0 Å². The van der Waals surface area contributed by atoms with E-state index in [2.05, 4.69) is 6.08 Å². The van der Waals surface area contributed by atoms with Crippen molar-refractivity contribution in [2.45, 2.75) is 20.4 Å². The van der Waals surface area contributed by atoms with E-state index in [1.165, 1.54) is 5.57 Å². The lowest BCUT2D eigenvalue weighted by Crippen LogP contribution is -2.02. The lowest BCUT2D eigenvalue weighted by atomic mass is 10.1. The molecule has 88 valence electrons. The molecule has 1 N–H and O–H groups in total. The molecule has 3 heteroatoms. The molecule has 1 aromatic carbocycles. The first-order valence-corrected chi connectivity index (χ1v) is 5.54. The van der Waals surface area contributed by atoms with Crippen LogP contribution in [-0.4, -0.2) is 15.6 Å². The molecular formula is C14H15NO2. The first-order chi connectivity index (χ1) is 8.09. The highest BCUT2D eigenvalue weighted by Crippen LogP contribution is 2.20. The number of carbonyl (C=O) groups is 1. The van der Waals surface area contributed by atoms with Gasteiger partial charge in [0.1, 0.15) is 0 Å². The standard InChI is InChI=1S/C14H15NO2/c1-10(2)6-8-15-9-7-11-4-3-5-12(13(11)15)14(16)17/h3-7,9H,8H2,1-2H3,(H,16,17). The number of para-hydroxylation sites is 1. The van der Waals surface area contributed by atoms with Crippen molar-refractivity contribution in [1.29, 1.82) is 0 Å². The second-order valence-electron chi connectivity index (χ2n) is 4.30. The van der Waals surface area contributed by atoms with Crippen molar-refractivity contribution in [3.05, 3.63) is 47.7 Å². The number of benzene rings is 1. The number of hydrogen-bond donors (Lipinski definition) is 1. The predicted molar refractivity (Wildman–Crippen MR) is 68.3 cm³/mol. The highest BCUT2D eigenvalue weighted by atomic mass is 16.4. The lowest BCUT2D eigenvalue weighted by molar-refractivity contribution is 0.0698. The second-order valence-corrected chi connectivity index (χ2v) is 4.30. The van der Waals surface area contributed by atoms with E-state index in [4.69, 9.17) is 0 Å². The highest BCUT2D eigenvalue weighted by Gasteiger charge is 2.11. The molecular weight excluding hydrogens is 214 g/mol. The molecule has 0 fully saturated rings. The van der Waals surface area contributed by atoms with Gasteiger partial charge in [0.05, 0.1) is 11.1 Å². The fraction of sp³-hybridized carbons (Fsp3) is 0.214. The van der Waals surface area contributed by atoms with Crippen LogP contribution in [0.2, 0.25) is 0 Å². The molecule has 0 aliphatic carbocycles. The van der Waals surface area contributed by atoms with E-state index in [1.807, 2.05) is 36.7 Å². The first-order valence-electron chi connectivity index (χ1n) is 5.54. The van der Waals surface area contributed by atoms with Gasteiger partial charge >= 0.3 is 5.97 Å². The van der Waals surface area contributed by atoms with Crippen LogP contribution in [-0.2, 0) is 6.54 Å². The third kappa shape index (κ3) is 2.23. The summed E-state index contributed by atoms with van der Waals surface area (Å²) in [5, 5.41) is 10.1. The van der Waals surface area contributed by atoms with Crippen LogP contribution in [0.4, 0.5) is 0 Å². The van der Waals surface area contributed by atoms with Gasteiger partial charge in [0.25, 0.3) is 0 Å². The first kappa shape index (κ1) is 11.5. The van der Waals surface area contributed by atoms with Gasteiger partial charge in [-0.3, -0.25) is 0 Å². The SMILES string of the molecule is CC(C)=CCn1ccc2cccc(C(=O)O)c21. The second kappa shape index (κ2) is 4.45. The van der Waals surface area contributed by atoms with Gasteiger partial charge in [0.2, 0.25) is 0 Å². The molecule has 17 heavy (non-hydrogen) atoms. The number of allylic oxidation sites excluding steroid dienone is 2. The summed E-state index contributed by atoms with van der Waals surface area (Å²) in [5.74, 6) is -0.882. The Bertz CT molecular complexity index is 589. The number of hydrogen-bond acceptors (Lipinski definition) is 1. The van der Waals surface area contributed by atoms with Crippen LogP contribution in [0.25, 0.3) is 10.9 Å². The third-order valence-corrected chi connectivity index (χ3v) is 2.72. The average Bonchev–Trinajstić information content (AvgIpc) is 2.69. The van der Waals surface area contributed by atoms with Crippen LogP contribution in [0.15, 0.2) is 42.1 Å². The van der Waals surface area contributed by atoms with Crippen molar-refractivity contribution in [2.24, 2.45) is 0 Å². The maximum absolute atomic E-state index is 11.2. The molecule has 2 rings (SSSR count). The Morgan fingerprint density at radius 2 is 2.12 bits per heavy atom. The molecule has 0 amide bonds. The Labute approximate surface area is 100.0 Å². The predicted octanol–water partition coefficient (Wildman–Crippen LogP) is 3.31. The van der Waals surface area contributed by atoms with E-state index in [1.54, 1.807) is 12.1 Å². The number of carboxylic acid groups (broad SMARTS) is 1. The van der Waals surface area contributed by atoms with Crippen LogP contribution >= 0.6 is 0 Å². The molecule has 0 atom stereocenters. The summed E-state index contributed by atoms with van der Waals surface area (Å²) in [6, 6.07) is 7.29. The van der Waals surface area contributed by atoms with Gasteiger partial charge in [0.15, 0.2) is 0 Å². The molecule has 0 saturated carbocycles. The maximum atomic E-state index is 11.2. The summed E-state index contributed by atoms with van der Waals surface area (Å²) < 4.78 is 1.96. The van der Waals surface area contributed by atoms with Crippen LogP contribution in [0.5, 0.6) is 0 Å². The monoisotopic (exact) mass is 229 g/mol. The Morgan fingerprint density at radius 3 is 2.76 bits per heavy atom. The molecule has 3 nitrogen and oxygen atoms in total. The van der Waals surface area contributed by atoms with Crippen LogP contribution < -0.4 is 0 Å². The molecule has 1 heterocycles. The smallest absolute Gasteiger partial charge is 0.337 e. The zero-order valence-corrected chi connectivity index (χ0v) is 9.97. The molecule has 0 bridgehead atoms. The fourth-order valence-electron chi connectivity index (χ4n) is 1.87. The van der Waals surface area contributed by atoms with Gasteiger partial charge in [0, 0.05) is 18.1 Å². The van der Waals surface area contributed by atoms with E-state index in [0.29, 0.717) is 12.1 Å².